The molecule has 1 heterocycles. The molecule has 2 N–H and O–H groups in total. The highest BCUT2D eigenvalue weighted by Crippen LogP contribution is 1.75. The van der Waals surface area contributed by atoms with Crippen LogP contribution in [0.2, 0.25) is 0 Å². The molecule has 2 heteroatoms. The normalized spacial score (nSPS) is 24.0. The van der Waals surface area contributed by atoms with Gasteiger partial charge in [-0.15, -0.1) is 0 Å². The van der Waals surface area contributed by atoms with Gasteiger partial charge < -0.3 is 10.6 Å². The van der Waals surface area contributed by atoms with Crippen molar-refractivity contribution in [2.75, 3.05) is 19.8 Å². The molecule has 0 unspecified atom stereocenters. The zero-order valence-corrected chi connectivity index (χ0v) is 3.83. The van der Waals surface area contributed by atoms with Crippen LogP contribution in [-0.2, 0) is 0 Å². The zero-order chi connectivity index (χ0) is 4.24. The molecule has 0 spiro atoms. The molecule has 1 fully saturated rings. The lowest BCUT2D eigenvalue weighted by Gasteiger charge is -2.11. The first-order valence-corrected chi connectivity index (χ1v) is 2.41. The van der Waals surface area contributed by atoms with Gasteiger partial charge in [0.2, 0.25) is 0 Å². The van der Waals surface area contributed by atoms with Gasteiger partial charge >= 0.3 is 0 Å². The Hall–Kier alpha value is -0.0800. The summed E-state index contributed by atoms with van der Waals surface area (Å²) in [5.41, 5.74) is 0. The second kappa shape index (κ2) is 2.16. The molecular formula is C4H12N2. The van der Waals surface area contributed by atoms with Crippen LogP contribution in [0.3, 0.4) is 0 Å². The molecule has 0 aromatic heterocycles. The van der Waals surface area contributed by atoms with E-state index in [1.807, 2.05) is 0 Å². The Morgan fingerprint density at radius 1 is 1.17 bits per heavy atom. The molecule has 0 bridgehead atoms. The molecule has 0 radical (unpaired) electrons. The minimum Gasteiger partial charge on any atom is -0.304 e. The molecule has 0 aliphatic carbocycles. The van der Waals surface area contributed by atoms with E-state index in [1.165, 1.54) is 19.5 Å². The Bertz CT molecular complexity index is 25.2. The standard InChI is InChI=1S/C4H10N2.H2/c1-2-5-4-6-3-1;/h5-6H,1-4H2;1H. The lowest BCUT2D eigenvalue weighted by molar-refractivity contribution is 0.496. The van der Waals surface area contributed by atoms with Gasteiger partial charge in [-0.2, -0.15) is 0 Å². The molecule has 0 saturated carbocycles. The molecule has 1 saturated heterocycles. The van der Waals surface area contributed by atoms with Crippen molar-refractivity contribution in [2.45, 2.75) is 6.42 Å². The Balaban J connectivity index is 0.000000360. The van der Waals surface area contributed by atoms with Gasteiger partial charge in [0.15, 0.2) is 0 Å². The minimum atomic E-state index is 0. The molecule has 0 atom stereocenters. The van der Waals surface area contributed by atoms with Crippen LogP contribution in [0.5, 0.6) is 0 Å². The fourth-order valence-electron chi connectivity index (χ4n) is 0.604. The van der Waals surface area contributed by atoms with Gasteiger partial charge in [0.05, 0.1) is 0 Å². The highest BCUT2D eigenvalue weighted by Gasteiger charge is 1.91. The molecule has 0 aromatic carbocycles. The summed E-state index contributed by atoms with van der Waals surface area (Å²) in [6.45, 7) is 3.38. The van der Waals surface area contributed by atoms with E-state index in [9.17, 15) is 0 Å². The van der Waals surface area contributed by atoms with Gasteiger partial charge in [0, 0.05) is 8.10 Å². The van der Waals surface area contributed by atoms with Gasteiger partial charge in [-0.05, 0) is 19.5 Å². The fourth-order valence-corrected chi connectivity index (χ4v) is 0.604. The van der Waals surface area contributed by atoms with E-state index in [2.05, 4.69) is 10.6 Å². The smallest absolute Gasteiger partial charge is 0.0454 e. The van der Waals surface area contributed by atoms with Crippen molar-refractivity contribution < 1.29 is 1.43 Å². The summed E-state index contributed by atoms with van der Waals surface area (Å²) in [4.78, 5) is 0. The lowest BCUT2D eigenvalue weighted by atomic mass is 10.4. The van der Waals surface area contributed by atoms with E-state index in [0.29, 0.717) is 0 Å². The highest BCUT2D eigenvalue weighted by atomic mass is 15.1. The average molecular weight is 88.2 g/mol. The van der Waals surface area contributed by atoms with Gasteiger partial charge in [0.1, 0.15) is 0 Å². The van der Waals surface area contributed by atoms with Crippen LogP contribution in [0.15, 0.2) is 0 Å². The number of hydrogen-bond donors (Lipinski definition) is 2. The van der Waals surface area contributed by atoms with Crippen LogP contribution in [-0.4, -0.2) is 19.8 Å². The third-order valence-corrected chi connectivity index (χ3v) is 0.957. The lowest BCUT2D eigenvalue weighted by Crippen LogP contribution is -2.37. The van der Waals surface area contributed by atoms with Crippen LogP contribution < -0.4 is 10.6 Å². The molecule has 1 rings (SSSR count). The Kier molecular flexibility index (Phi) is 1.47. The van der Waals surface area contributed by atoms with E-state index >= 15 is 0 Å². The number of hydrogen-bond acceptors (Lipinski definition) is 2. The van der Waals surface area contributed by atoms with Gasteiger partial charge in [-0.1, -0.05) is 0 Å². The first kappa shape index (κ1) is 4.09. The maximum atomic E-state index is 3.17. The molecule has 1 aliphatic heterocycles. The molecule has 6 heavy (non-hydrogen) atoms. The SMILES string of the molecule is C1CNCNC1.[HH]. The van der Waals surface area contributed by atoms with Crippen molar-refractivity contribution >= 4 is 0 Å². The van der Waals surface area contributed by atoms with Crippen LogP contribution in [0, 0.1) is 0 Å². The summed E-state index contributed by atoms with van der Waals surface area (Å²) < 4.78 is 0. The largest absolute Gasteiger partial charge is 0.304 e. The summed E-state index contributed by atoms with van der Waals surface area (Å²) in [6, 6.07) is 0. The third-order valence-electron chi connectivity index (χ3n) is 0.957. The molecule has 0 aromatic rings. The predicted molar refractivity (Wildman–Crippen MR) is 27.6 cm³/mol. The Morgan fingerprint density at radius 2 is 1.83 bits per heavy atom. The van der Waals surface area contributed by atoms with Crippen molar-refractivity contribution in [3.8, 4) is 0 Å². The Morgan fingerprint density at radius 3 is 2.00 bits per heavy atom. The van der Waals surface area contributed by atoms with E-state index < -0.39 is 0 Å². The van der Waals surface area contributed by atoms with E-state index in [-0.39, 0.29) is 1.43 Å². The fraction of sp³-hybridized carbons (Fsp3) is 1.00. The van der Waals surface area contributed by atoms with Crippen molar-refractivity contribution in [3.63, 3.8) is 0 Å². The average Bonchev–Trinajstić information content (AvgIpc) is 1.72. The summed E-state index contributed by atoms with van der Waals surface area (Å²) in [5, 5.41) is 6.35. The van der Waals surface area contributed by atoms with Crippen molar-refractivity contribution in [2.24, 2.45) is 0 Å². The molecule has 2 nitrogen and oxygen atoms in total. The van der Waals surface area contributed by atoms with Crippen LogP contribution in [0.1, 0.15) is 7.85 Å². The third kappa shape index (κ3) is 0.954. The second-order valence-electron chi connectivity index (χ2n) is 1.53. The molecule has 0 amide bonds. The van der Waals surface area contributed by atoms with Gasteiger partial charge in [-0.3, -0.25) is 0 Å². The summed E-state index contributed by atoms with van der Waals surface area (Å²) in [7, 11) is 0. The monoisotopic (exact) mass is 88.1 g/mol. The number of rotatable bonds is 0. The topological polar surface area (TPSA) is 24.1 Å². The minimum absolute atomic E-state index is 0. The van der Waals surface area contributed by atoms with Crippen molar-refractivity contribution in [3.05, 3.63) is 0 Å². The first-order valence-electron chi connectivity index (χ1n) is 2.41. The zero-order valence-electron chi connectivity index (χ0n) is 3.83. The van der Waals surface area contributed by atoms with Crippen LogP contribution >= 0.6 is 0 Å². The van der Waals surface area contributed by atoms with Gasteiger partial charge in [-0.25, -0.2) is 0 Å². The Labute approximate surface area is 39.4 Å². The van der Waals surface area contributed by atoms with Crippen molar-refractivity contribution in [1.29, 1.82) is 0 Å². The molecule has 38 valence electrons. The molecule has 1 aliphatic rings. The second-order valence-corrected chi connectivity index (χ2v) is 1.53. The van der Waals surface area contributed by atoms with Crippen molar-refractivity contribution in [1.82, 2.24) is 10.6 Å². The maximum Gasteiger partial charge on any atom is 0.0454 e. The summed E-state index contributed by atoms with van der Waals surface area (Å²) in [6.07, 6.45) is 1.28. The van der Waals surface area contributed by atoms with E-state index in [1.54, 1.807) is 0 Å². The highest BCUT2D eigenvalue weighted by molar-refractivity contribution is 4.54. The van der Waals surface area contributed by atoms with E-state index in [4.69, 9.17) is 0 Å². The first-order chi connectivity index (χ1) is 3.00. The molecular weight excluding hydrogens is 76.1 g/mol. The maximum absolute atomic E-state index is 3.17. The summed E-state index contributed by atoms with van der Waals surface area (Å²) >= 11 is 0. The van der Waals surface area contributed by atoms with E-state index in [0.717, 1.165) is 6.67 Å². The quantitative estimate of drug-likeness (QED) is 0.427. The number of nitrogens with one attached hydrogen (secondary N) is 2. The summed E-state index contributed by atoms with van der Waals surface area (Å²) in [5.74, 6) is 0. The van der Waals surface area contributed by atoms with Gasteiger partial charge in [0.25, 0.3) is 0 Å². The van der Waals surface area contributed by atoms with Crippen LogP contribution in [0.4, 0.5) is 0 Å². The van der Waals surface area contributed by atoms with Crippen LogP contribution in [0.25, 0.3) is 0 Å². The predicted octanol–water partition coefficient (Wildman–Crippen LogP) is -0.227.